The molecule has 0 saturated heterocycles. The molecular formula is C13H15NO. The average molecular weight is 201 g/mol. The van der Waals surface area contributed by atoms with Crippen molar-refractivity contribution in [2.45, 2.75) is 20.3 Å². The molecule has 0 bridgehead atoms. The Morgan fingerprint density at radius 2 is 2.13 bits per heavy atom. The quantitative estimate of drug-likeness (QED) is 0.759. The van der Waals surface area contributed by atoms with Gasteiger partial charge < -0.3 is 4.52 Å². The van der Waals surface area contributed by atoms with Crippen LogP contribution in [0.15, 0.2) is 41.1 Å². The Morgan fingerprint density at radius 3 is 2.80 bits per heavy atom. The second kappa shape index (κ2) is 4.30. The molecule has 15 heavy (non-hydrogen) atoms. The van der Waals surface area contributed by atoms with Crippen molar-refractivity contribution in [2.75, 3.05) is 0 Å². The van der Waals surface area contributed by atoms with Crippen molar-refractivity contribution in [1.82, 2.24) is 5.16 Å². The third-order valence-electron chi connectivity index (χ3n) is 2.30. The Kier molecular flexibility index (Phi) is 2.86. The molecule has 0 unspecified atom stereocenters. The highest BCUT2D eigenvalue weighted by atomic mass is 16.5. The van der Waals surface area contributed by atoms with Crippen LogP contribution in [-0.2, 0) is 6.42 Å². The summed E-state index contributed by atoms with van der Waals surface area (Å²) in [6.07, 6.45) is 2.70. The maximum atomic E-state index is 4.84. The van der Waals surface area contributed by atoms with Gasteiger partial charge in [0.25, 0.3) is 0 Å². The third kappa shape index (κ3) is 2.46. The predicted molar refractivity (Wildman–Crippen MR) is 60.5 cm³/mol. The van der Waals surface area contributed by atoms with E-state index in [-0.39, 0.29) is 0 Å². The fourth-order valence-electron chi connectivity index (χ4n) is 1.69. The first-order valence-corrected chi connectivity index (χ1v) is 5.25. The van der Waals surface area contributed by atoms with Gasteiger partial charge in [-0.2, -0.15) is 0 Å². The molecule has 1 aromatic heterocycles. The van der Waals surface area contributed by atoms with Gasteiger partial charge in [-0.3, -0.25) is 0 Å². The summed E-state index contributed by atoms with van der Waals surface area (Å²) < 4.78 is 4.84. The lowest BCUT2D eigenvalue weighted by atomic mass is 10.0. The molecule has 0 spiro atoms. The first-order valence-electron chi connectivity index (χ1n) is 5.25. The average Bonchev–Trinajstić information content (AvgIpc) is 2.69. The van der Waals surface area contributed by atoms with E-state index in [4.69, 9.17) is 4.52 Å². The van der Waals surface area contributed by atoms with Crippen LogP contribution in [0.25, 0.3) is 11.3 Å². The Labute approximate surface area is 89.9 Å². The van der Waals surface area contributed by atoms with Gasteiger partial charge in [0.1, 0.15) is 12.0 Å². The number of aromatic nitrogens is 1. The monoisotopic (exact) mass is 201 g/mol. The van der Waals surface area contributed by atoms with Crippen LogP contribution in [-0.4, -0.2) is 5.16 Å². The Balaban J connectivity index is 2.27. The molecule has 0 atom stereocenters. The molecule has 2 rings (SSSR count). The zero-order valence-electron chi connectivity index (χ0n) is 9.10. The van der Waals surface area contributed by atoms with E-state index in [0.29, 0.717) is 5.92 Å². The molecule has 78 valence electrons. The zero-order valence-corrected chi connectivity index (χ0v) is 9.10. The number of hydrogen-bond acceptors (Lipinski definition) is 2. The normalized spacial score (nSPS) is 10.9. The van der Waals surface area contributed by atoms with E-state index in [0.717, 1.165) is 17.7 Å². The highest BCUT2D eigenvalue weighted by molar-refractivity contribution is 5.58. The predicted octanol–water partition coefficient (Wildman–Crippen LogP) is 3.54. The molecule has 2 nitrogen and oxygen atoms in total. The van der Waals surface area contributed by atoms with Gasteiger partial charge in [-0.1, -0.05) is 37.2 Å². The van der Waals surface area contributed by atoms with Gasteiger partial charge in [-0.25, -0.2) is 0 Å². The smallest absolute Gasteiger partial charge is 0.124 e. The van der Waals surface area contributed by atoms with E-state index < -0.39 is 0 Å². The molecular weight excluding hydrogens is 186 g/mol. The van der Waals surface area contributed by atoms with Crippen molar-refractivity contribution in [3.05, 3.63) is 42.2 Å². The van der Waals surface area contributed by atoms with E-state index in [9.17, 15) is 0 Å². The summed E-state index contributed by atoms with van der Waals surface area (Å²) in [5, 5.41) is 3.93. The minimum Gasteiger partial charge on any atom is -0.364 e. The molecule has 0 amide bonds. The zero-order chi connectivity index (χ0) is 10.7. The number of rotatable bonds is 3. The molecule has 0 aliphatic heterocycles. The van der Waals surface area contributed by atoms with Gasteiger partial charge in [0.2, 0.25) is 0 Å². The number of benzene rings is 1. The lowest BCUT2D eigenvalue weighted by Gasteiger charge is -2.05. The molecule has 2 heteroatoms. The number of nitrogens with zero attached hydrogens (tertiary/aromatic N) is 1. The van der Waals surface area contributed by atoms with Crippen LogP contribution in [0.4, 0.5) is 0 Å². The van der Waals surface area contributed by atoms with Crippen molar-refractivity contribution in [3.8, 4) is 11.3 Å². The third-order valence-corrected chi connectivity index (χ3v) is 2.30. The lowest BCUT2D eigenvalue weighted by molar-refractivity contribution is 0.422. The molecule has 0 radical (unpaired) electrons. The maximum Gasteiger partial charge on any atom is 0.124 e. The van der Waals surface area contributed by atoms with E-state index >= 15 is 0 Å². The summed E-state index contributed by atoms with van der Waals surface area (Å²) in [7, 11) is 0. The fourth-order valence-corrected chi connectivity index (χ4v) is 1.69. The van der Waals surface area contributed by atoms with E-state index in [1.807, 2.05) is 6.07 Å². The molecule has 0 aliphatic carbocycles. The van der Waals surface area contributed by atoms with Crippen molar-refractivity contribution in [2.24, 2.45) is 5.92 Å². The molecule has 0 aliphatic rings. The SMILES string of the molecule is CC(C)Cc1cccc(-c2ccon2)c1. The van der Waals surface area contributed by atoms with E-state index in [1.54, 1.807) is 6.26 Å². The van der Waals surface area contributed by atoms with E-state index in [1.165, 1.54) is 5.56 Å². The molecule has 0 fully saturated rings. The van der Waals surface area contributed by atoms with Gasteiger partial charge in [-0.15, -0.1) is 0 Å². The van der Waals surface area contributed by atoms with Gasteiger partial charge in [0.15, 0.2) is 0 Å². The van der Waals surface area contributed by atoms with Crippen molar-refractivity contribution >= 4 is 0 Å². The summed E-state index contributed by atoms with van der Waals surface area (Å²) in [4.78, 5) is 0. The van der Waals surface area contributed by atoms with Crippen LogP contribution in [0.1, 0.15) is 19.4 Å². The van der Waals surface area contributed by atoms with Crippen LogP contribution in [0.3, 0.4) is 0 Å². The van der Waals surface area contributed by atoms with Gasteiger partial charge in [0.05, 0.1) is 0 Å². The first-order chi connectivity index (χ1) is 7.25. The van der Waals surface area contributed by atoms with Crippen LogP contribution >= 0.6 is 0 Å². The second-order valence-electron chi connectivity index (χ2n) is 4.18. The van der Waals surface area contributed by atoms with Crippen molar-refractivity contribution in [3.63, 3.8) is 0 Å². The van der Waals surface area contributed by atoms with E-state index in [2.05, 4.69) is 43.3 Å². The summed E-state index contributed by atoms with van der Waals surface area (Å²) in [6.45, 7) is 4.45. The molecule has 1 aromatic carbocycles. The Bertz CT molecular complexity index is 418. The Morgan fingerprint density at radius 1 is 1.27 bits per heavy atom. The van der Waals surface area contributed by atoms with Gasteiger partial charge in [0, 0.05) is 11.6 Å². The van der Waals surface area contributed by atoms with Crippen molar-refractivity contribution in [1.29, 1.82) is 0 Å². The van der Waals surface area contributed by atoms with Crippen LogP contribution in [0.2, 0.25) is 0 Å². The first kappa shape index (κ1) is 9.97. The fraction of sp³-hybridized carbons (Fsp3) is 0.308. The lowest BCUT2D eigenvalue weighted by Crippen LogP contribution is -1.93. The molecule has 0 N–H and O–H groups in total. The summed E-state index contributed by atoms with van der Waals surface area (Å²) in [5.41, 5.74) is 3.38. The second-order valence-corrected chi connectivity index (χ2v) is 4.18. The van der Waals surface area contributed by atoms with Crippen molar-refractivity contribution < 1.29 is 4.52 Å². The Hall–Kier alpha value is -1.57. The minimum absolute atomic E-state index is 0.678. The van der Waals surface area contributed by atoms with Gasteiger partial charge in [-0.05, 0) is 24.0 Å². The molecule has 0 saturated carbocycles. The molecule has 2 aromatic rings. The van der Waals surface area contributed by atoms with Crippen LogP contribution < -0.4 is 0 Å². The van der Waals surface area contributed by atoms with Crippen LogP contribution in [0, 0.1) is 5.92 Å². The highest BCUT2D eigenvalue weighted by Crippen LogP contribution is 2.19. The number of hydrogen-bond donors (Lipinski definition) is 0. The summed E-state index contributed by atoms with van der Waals surface area (Å²) in [6, 6.07) is 10.3. The summed E-state index contributed by atoms with van der Waals surface area (Å²) >= 11 is 0. The standard InChI is InChI=1S/C13H15NO/c1-10(2)8-11-4-3-5-12(9-11)13-6-7-15-14-13/h3-7,9-10H,8H2,1-2H3. The van der Waals surface area contributed by atoms with Crippen LogP contribution in [0.5, 0.6) is 0 Å². The molecule has 1 heterocycles. The minimum atomic E-state index is 0.678. The topological polar surface area (TPSA) is 26.0 Å². The largest absolute Gasteiger partial charge is 0.364 e. The summed E-state index contributed by atoms with van der Waals surface area (Å²) in [5.74, 6) is 0.678. The maximum absolute atomic E-state index is 4.84. The van der Waals surface area contributed by atoms with Gasteiger partial charge >= 0.3 is 0 Å². The highest BCUT2D eigenvalue weighted by Gasteiger charge is 2.03.